The number of anilines is 1. The van der Waals surface area contributed by atoms with E-state index in [-0.39, 0.29) is 0 Å². The van der Waals surface area contributed by atoms with E-state index in [1.54, 1.807) is 0 Å². The molecule has 88 valence electrons. The summed E-state index contributed by atoms with van der Waals surface area (Å²) in [7, 11) is 2.12. The van der Waals surface area contributed by atoms with Gasteiger partial charge in [0.05, 0.1) is 0 Å². The number of hydrogen-bond donors (Lipinski definition) is 1. The molecule has 1 fully saturated rings. The summed E-state index contributed by atoms with van der Waals surface area (Å²) < 4.78 is 1.02. The SMILES string of the molecule is CN(c1ccc(Br)cn1)C1CCCC1CN. The van der Waals surface area contributed by atoms with Crippen LogP contribution in [0, 0.1) is 5.92 Å². The Kier molecular flexibility index (Phi) is 3.82. The molecule has 0 amide bonds. The van der Waals surface area contributed by atoms with Crippen LogP contribution in [0.5, 0.6) is 0 Å². The summed E-state index contributed by atoms with van der Waals surface area (Å²) >= 11 is 3.40. The maximum atomic E-state index is 5.81. The van der Waals surface area contributed by atoms with Gasteiger partial charge in [-0.3, -0.25) is 0 Å². The molecule has 1 aliphatic rings. The van der Waals surface area contributed by atoms with Gasteiger partial charge in [0.2, 0.25) is 0 Å². The maximum Gasteiger partial charge on any atom is 0.128 e. The first-order chi connectivity index (χ1) is 7.72. The fourth-order valence-electron chi connectivity index (χ4n) is 2.55. The zero-order valence-corrected chi connectivity index (χ0v) is 11.2. The van der Waals surface area contributed by atoms with Crippen LogP contribution >= 0.6 is 15.9 Å². The normalized spacial score (nSPS) is 24.7. The van der Waals surface area contributed by atoms with E-state index in [0.29, 0.717) is 12.0 Å². The zero-order valence-electron chi connectivity index (χ0n) is 9.56. The number of hydrogen-bond acceptors (Lipinski definition) is 3. The Morgan fingerprint density at radius 2 is 2.31 bits per heavy atom. The average molecular weight is 284 g/mol. The van der Waals surface area contributed by atoms with Gasteiger partial charge in [-0.1, -0.05) is 6.42 Å². The van der Waals surface area contributed by atoms with Gasteiger partial charge in [0.15, 0.2) is 0 Å². The Balaban J connectivity index is 2.12. The number of aromatic nitrogens is 1. The van der Waals surface area contributed by atoms with Crippen LogP contribution in [-0.2, 0) is 0 Å². The van der Waals surface area contributed by atoms with Gasteiger partial charge < -0.3 is 10.6 Å². The molecule has 0 radical (unpaired) electrons. The molecule has 16 heavy (non-hydrogen) atoms. The van der Waals surface area contributed by atoms with Crippen molar-refractivity contribution in [1.29, 1.82) is 0 Å². The van der Waals surface area contributed by atoms with Crippen molar-refractivity contribution in [2.45, 2.75) is 25.3 Å². The van der Waals surface area contributed by atoms with E-state index in [4.69, 9.17) is 5.73 Å². The third-order valence-corrected chi connectivity index (χ3v) is 3.96. The monoisotopic (exact) mass is 283 g/mol. The summed E-state index contributed by atoms with van der Waals surface area (Å²) in [6.45, 7) is 0.783. The topological polar surface area (TPSA) is 42.2 Å². The molecular weight excluding hydrogens is 266 g/mol. The number of pyridine rings is 1. The Labute approximate surface area is 105 Å². The average Bonchev–Trinajstić information content (AvgIpc) is 2.77. The molecule has 3 nitrogen and oxygen atoms in total. The highest BCUT2D eigenvalue weighted by atomic mass is 79.9. The first kappa shape index (κ1) is 11.9. The fraction of sp³-hybridized carbons (Fsp3) is 0.583. The molecule has 1 saturated carbocycles. The van der Waals surface area contributed by atoms with Crippen LogP contribution in [0.25, 0.3) is 0 Å². The molecule has 0 bridgehead atoms. The highest BCUT2D eigenvalue weighted by Crippen LogP contribution is 2.30. The van der Waals surface area contributed by atoms with Crippen molar-refractivity contribution in [2.24, 2.45) is 11.7 Å². The van der Waals surface area contributed by atoms with E-state index < -0.39 is 0 Å². The van der Waals surface area contributed by atoms with E-state index in [9.17, 15) is 0 Å². The van der Waals surface area contributed by atoms with Crippen molar-refractivity contribution in [3.05, 3.63) is 22.8 Å². The lowest BCUT2D eigenvalue weighted by atomic mass is 10.0. The summed E-state index contributed by atoms with van der Waals surface area (Å²) in [6.07, 6.45) is 5.61. The van der Waals surface area contributed by atoms with Crippen molar-refractivity contribution >= 4 is 21.7 Å². The van der Waals surface area contributed by atoms with E-state index >= 15 is 0 Å². The number of nitrogens with zero attached hydrogens (tertiary/aromatic N) is 2. The minimum Gasteiger partial charge on any atom is -0.356 e. The molecule has 0 saturated heterocycles. The van der Waals surface area contributed by atoms with Gasteiger partial charge in [0, 0.05) is 23.8 Å². The number of rotatable bonds is 3. The summed E-state index contributed by atoms with van der Waals surface area (Å²) in [5.41, 5.74) is 5.81. The van der Waals surface area contributed by atoms with Gasteiger partial charge in [0.1, 0.15) is 5.82 Å². The van der Waals surface area contributed by atoms with Crippen LogP contribution in [0.1, 0.15) is 19.3 Å². The molecule has 0 aliphatic heterocycles. The van der Waals surface area contributed by atoms with Crippen molar-refractivity contribution in [1.82, 2.24) is 4.98 Å². The molecule has 0 spiro atoms. The summed E-state index contributed by atoms with van der Waals surface area (Å²) in [5.74, 6) is 1.66. The van der Waals surface area contributed by atoms with Crippen molar-refractivity contribution < 1.29 is 0 Å². The lowest BCUT2D eigenvalue weighted by Crippen LogP contribution is -2.38. The highest BCUT2D eigenvalue weighted by Gasteiger charge is 2.29. The third-order valence-electron chi connectivity index (χ3n) is 3.49. The lowest BCUT2D eigenvalue weighted by molar-refractivity contribution is 0.472. The summed E-state index contributed by atoms with van der Waals surface area (Å²) in [4.78, 5) is 6.70. The lowest BCUT2D eigenvalue weighted by Gasteiger charge is -2.30. The second-order valence-electron chi connectivity index (χ2n) is 4.44. The van der Waals surface area contributed by atoms with Crippen LogP contribution in [-0.4, -0.2) is 24.6 Å². The first-order valence-electron chi connectivity index (χ1n) is 5.77. The van der Waals surface area contributed by atoms with Gasteiger partial charge in [-0.05, 0) is 53.4 Å². The van der Waals surface area contributed by atoms with Crippen LogP contribution in [0.4, 0.5) is 5.82 Å². The minimum atomic E-state index is 0.554. The van der Waals surface area contributed by atoms with Gasteiger partial charge >= 0.3 is 0 Å². The van der Waals surface area contributed by atoms with Crippen molar-refractivity contribution in [2.75, 3.05) is 18.5 Å². The molecule has 0 aromatic carbocycles. The summed E-state index contributed by atoms with van der Waals surface area (Å²) in [5, 5.41) is 0. The van der Waals surface area contributed by atoms with Crippen LogP contribution < -0.4 is 10.6 Å². The fourth-order valence-corrected chi connectivity index (χ4v) is 2.78. The molecule has 2 unspecified atom stereocenters. The standard InChI is InChI=1S/C12H18BrN3/c1-16(11-4-2-3-9(11)7-14)12-6-5-10(13)8-15-12/h5-6,8-9,11H,2-4,7,14H2,1H3. The Morgan fingerprint density at radius 3 is 2.94 bits per heavy atom. The van der Waals surface area contributed by atoms with Gasteiger partial charge in [-0.2, -0.15) is 0 Å². The van der Waals surface area contributed by atoms with Gasteiger partial charge in [0.25, 0.3) is 0 Å². The first-order valence-corrected chi connectivity index (χ1v) is 6.56. The zero-order chi connectivity index (χ0) is 11.5. The van der Waals surface area contributed by atoms with E-state index in [1.807, 2.05) is 12.3 Å². The smallest absolute Gasteiger partial charge is 0.128 e. The van der Waals surface area contributed by atoms with E-state index in [2.05, 4.69) is 38.9 Å². The molecule has 1 heterocycles. The van der Waals surface area contributed by atoms with Gasteiger partial charge in [-0.15, -0.1) is 0 Å². The molecule has 1 aromatic rings. The largest absolute Gasteiger partial charge is 0.356 e. The highest BCUT2D eigenvalue weighted by molar-refractivity contribution is 9.10. The van der Waals surface area contributed by atoms with Crippen LogP contribution in [0.15, 0.2) is 22.8 Å². The predicted molar refractivity (Wildman–Crippen MR) is 70.5 cm³/mol. The molecule has 1 aromatic heterocycles. The molecular formula is C12H18BrN3. The number of halogens is 1. The van der Waals surface area contributed by atoms with E-state index in [0.717, 1.165) is 16.8 Å². The Bertz CT molecular complexity index is 339. The third kappa shape index (κ3) is 2.38. The predicted octanol–water partition coefficient (Wildman–Crippen LogP) is 2.41. The van der Waals surface area contributed by atoms with Crippen LogP contribution in [0.2, 0.25) is 0 Å². The maximum absolute atomic E-state index is 5.81. The molecule has 2 rings (SSSR count). The molecule has 2 atom stereocenters. The molecule has 4 heteroatoms. The van der Waals surface area contributed by atoms with Crippen LogP contribution in [0.3, 0.4) is 0 Å². The van der Waals surface area contributed by atoms with Crippen molar-refractivity contribution in [3.63, 3.8) is 0 Å². The van der Waals surface area contributed by atoms with Crippen molar-refractivity contribution in [3.8, 4) is 0 Å². The summed E-state index contributed by atoms with van der Waals surface area (Å²) in [6, 6.07) is 4.64. The Hall–Kier alpha value is -0.610. The Morgan fingerprint density at radius 1 is 1.50 bits per heavy atom. The number of nitrogens with two attached hydrogens (primary N) is 1. The van der Waals surface area contributed by atoms with Gasteiger partial charge in [-0.25, -0.2) is 4.98 Å². The second kappa shape index (κ2) is 5.15. The minimum absolute atomic E-state index is 0.554. The second-order valence-corrected chi connectivity index (χ2v) is 5.36. The molecule has 1 aliphatic carbocycles. The molecule has 2 N–H and O–H groups in total. The quantitative estimate of drug-likeness (QED) is 0.926. The van der Waals surface area contributed by atoms with E-state index in [1.165, 1.54) is 19.3 Å².